The van der Waals surface area contributed by atoms with Crippen LogP contribution in [0.1, 0.15) is 18.4 Å². The van der Waals surface area contributed by atoms with Crippen molar-refractivity contribution in [3.8, 4) is 5.75 Å². The van der Waals surface area contributed by atoms with E-state index in [1.165, 1.54) is 0 Å². The third-order valence-electron chi connectivity index (χ3n) is 1.88. The molecule has 0 N–H and O–H groups in total. The maximum atomic E-state index is 10.0. The van der Waals surface area contributed by atoms with Gasteiger partial charge in [-0.2, -0.15) is 0 Å². The van der Waals surface area contributed by atoms with Crippen LogP contribution in [0.25, 0.3) is 6.08 Å². The van der Waals surface area contributed by atoms with Gasteiger partial charge in [0.05, 0.1) is 7.11 Å². The number of hydrogen-bond acceptors (Lipinski definition) is 2. The first-order chi connectivity index (χ1) is 6.86. The molecule has 2 nitrogen and oxygen atoms in total. The van der Waals surface area contributed by atoms with Crippen LogP contribution in [0.3, 0.4) is 0 Å². The second-order valence-corrected chi connectivity index (χ2v) is 2.92. The lowest BCUT2D eigenvalue weighted by atomic mass is 10.2. The molecule has 0 aliphatic heterocycles. The van der Waals surface area contributed by atoms with Crippen molar-refractivity contribution >= 4 is 12.4 Å². The Balaban J connectivity index is 2.50. The summed E-state index contributed by atoms with van der Waals surface area (Å²) >= 11 is 0. The Kier molecular flexibility index (Phi) is 4.48. The molecule has 14 heavy (non-hydrogen) atoms. The molecule has 0 saturated carbocycles. The first-order valence-electron chi connectivity index (χ1n) is 4.61. The second-order valence-electron chi connectivity index (χ2n) is 2.92. The molecule has 0 atom stereocenters. The number of allylic oxidation sites excluding steroid dienone is 1. The van der Waals surface area contributed by atoms with Crippen molar-refractivity contribution in [3.05, 3.63) is 35.9 Å². The van der Waals surface area contributed by atoms with Crippen molar-refractivity contribution in [2.75, 3.05) is 7.11 Å². The van der Waals surface area contributed by atoms with Gasteiger partial charge in [-0.15, -0.1) is 0 Å². The lowest BCUT2D eigenvalue weighted by molar-refractivity contribution is -0.107. The van der Waals surface area contributed by atoms with Crippen LogP contribution in [0, 0.1) is 0 Å². The van der Waals surface area contributed by atoms with Crippen LogP contribution in [0.4, 0.5) is 0 Å². The van der Waals surface area contributed by atoms with Gasteiger partial charge in [0.1, 0.15) is 12.0 Å². The molecule has 0 fully saturated rings. The quantitative estimate of drug-likeness (QED) is 0.527. The van der Waals surface area contributed by atoms with E-state index < -0.39 is 0 Å². The van der Waals surface area contributed by atoms with Crippen LogP contribution in [0.2, 0.25) is 0 Å². The van der Waals surface area contributed by atoms with Crippen LogP contribution in [0.15, 0.2) is 30.3 Å². The van der Waals surface area contributed by atoms with Gasteiger partial charge < -0.3 is 9.53 Å². The van der Waals surface area contributed by atoms with E-state index in [0.29, 0.717) is 6.42 Å². The molecule has 74 valence electrons. The third-order valence-corrected chi connectivity index (χ3v) is 1.88. The Morgan fingerprint density at radius 3 is 2.50 bits per heavy atom. The van der Waals surface area contributed by atoms with Crippen LogP contribution in [-0.2, 0) is 4.79 Å². The Morgan fingerprint density at radius 1 is 1.21 bits per heavy atom. The van der Waals surface area contributed by atoms with Gasteiger partial charge in [-0.25, -0.2) is 0 Å². The van der Waals surface area contributed by atoms with E-state index in [2.05, 4.69) is 0 Å². The minimum absolute atomic E-state index is 0.590. The first-order valence-corrected chi connectivity index (χ1v) is 4.61. The Hall–Kier alpha value is -1.57. The second kappa shape index (κ2) is 5.97. The molecule has 0 unspecified atom stereocenters. The number of carbonyl (C=O) groups excluding carboxylic acids is 1. The topological polar surface area (TPSA) is 26.3 Å². The molecule has 0 saturated heterocycles. The number of ether oxygens (including phenoxy) is 1. The Labute approximate surface area is 84.2 Å². The van der Waals surface area contributed by atoms with Gasteiger partial charge in [0.2, 0.25) is 0 Å². The average Bonchev–Trinajstić information content (AvgIpc) is 2.25. The SMILES string of the molecule is COc1ccc(C=CCCC=O)cc1. The molecule has 0 bridgehead atoms. The van der Waals surface area contributed by atoms with E-state index in [0.717, 1.165) is 24.0 Å². The Morgan fingerprint density at radius 2 is 1.93 bits per heavy atom. The largest absolute Gasteiger partial charge is 0.497 e. The highest BCUT2D eigenvalue weighted by Crippen LogP contribution is 2.12. The van der Waals surface area contributed by atoms with Crippen molar-refractivity contribution in [2.24, 2.45) is 0 Å². The van der Waals surface area contributed by atoms with Crippen LogP contribution in [0.5, 0.6) is 5.75 Å². The van der Waals surface area contributed by atoms with Crippen LogP contribution in [-0.4, -0.2) is 13.4 Å². The van der Waals surface area contributed by atoms with Gasteiger partial charge in [0.15, 0.2) is 0 Å². The summed E-state index contributed by atoms with van der Waals surface area (Å²) in [5.74, 6) is 0.857. The number of rotatable bonds is 5. The smallest absolute Gasteiger partial charge is 0.120 e. The maximum absolute atomic E-state index is 10.0. The van der Waals surface area contributed by atoms with E-state index in [1.807, 2.05) is 36.4 Å². The lowest BCUT2D eigenvalue weighted by Gasteiger charge is -1.98. The van der Waals surface area contributed by atoms with Crippen molar-refractivity contribution in [3.63, 3.8) is 0 Å². The summed E-state index contributed by atoms with van der Waals surface area (Å²) in [6.07, 6.45) is 6.32. The molecule has 0 aliphatic carbocycles. The molecule has 0 aliphatic rings. The number of unbranched alkanes of at least 4 members (excludes halogenated alkanes) is 1. The molecule has 2 heteroatoms. The molecule has 0 heterocycles. The van der Waals surface area contributed by atoms with Crippen LogP contribution < -0.4 is 4.74 Å². The monoisotopic (exact) mass is 190 g/mol. The normalized spacial score (nSPS) is 10.4. The highest BCUT2D eigenvalue weighted by molar-refractivity contribution is 5.53. The number of carbonyl (C=O) groups is 1. The van der Waals surface area contributed by atoms with Crippen molar-refractivity contribution < 1.29 is 9.53 Å². The maximum Gasteiger partial charge on any atom is 0.120 e. The van der Waals surface area contributed by atoms with Gasteiger partial charge in [-0.05, 0) is 24.1 Å². The molecular weight excluding hydrogens is 176 g/mol. The number of aldehydes is 1. The number of hydrogen-bond donors (Lipinski definition) is 0. The summed E-state index contributed by atoms with van der Waals surface area (Å²) in [6, 6.07) is 7.80. The fraction of sp³-hybridized carbons (Fsp3) is 0.250. The first kappa shape index (κ1) is 10.5. The fourth-order valence-corrected chi connectivity index (χ4v) is 1.10. The van der Waals surface area contributed by atoms with E-state index in [9.17, 15) is 4.79 Å². The minimum Gasteiger partial charge on any atom is -0.497 e. The van der Waals surface area contributed by atoms with E-state index >= 15 is 0 Å². The molecular formula is C12H14O2. The van der Waals surface area contributed by atoms with Crippen molar-refractivity contribution in [2.45, 2.75) is 12.8 Å². The fourth-order valence-electron chi connectivity index (χ4n) is 1.10. The minimum atomic E-state index is 0.590. The molecule has 1 rings (SSSR count). The van der Waals surface area contributed by atoms with Crippen molar-refractivity contribution in [1.29, 1.82) is 0 Å². The standard InChI is InChI=1S/C12H14O2/c1-14-12-8-6-11(7-9-12)5-3-2-4-10-13/h3,5-10H,2,4H2,1H3. The summed E-state index contributed by atoms with van der Waals surface area (Å²) < 4.78 is 5.04. The zero-order chi connectivity index (χ0) is 10.2. The van der Waals surface area contributed by atoms with Gasteiger partial charge in [0, 0.05) is 6.42 Å². The highest BCUT2D eigenvalue weighted by atomic mass is 16.5. The molecule has 0 aromatic heterocycles. The van der Waals surface area contributed by atoms with E-state index in [-0.39, 0.29) is 0 Å². The molecule has 0 spiro atoms. The van der Waals surface area contributed by atoms with Crippen molar-refractivity contribution in [1.82, 2.24) is 0 Å². The van der Waals surface area contributed by atoms with Gasteiger partial charge in [-0.1, -0.05) is 24.3 Å². The van der Waals surface area contributed by atoms with Gasteiger partial charge in [-0.3, -0.25) is 0 Å². The average molecular weight is 190 g/mol. The highest BCUT2D eigenvalue weighted by Gasteiger charge is 1.89. The van der Waals surface area contributed by atoms with Gasteiger partial charge in [0.25, 0.3) is 0 Å². The lowest BCUT2D eigenvalue weighted by Crippen LogP contribution is -1.81. The summed E-state index contributed by atoms with van der Waals surface area (Å²) in [4.78, 5) is 10.0. The Bertz CT molecular complexity index is 299. The van der Waals surface area contributed by atoms with E-state index in [4.69, 9.17) is 4.74 Å². The summed E-state index contributed by atoms with van der Waals surface area (Å²) in [6.45, 7) is 0. The predicted molar refractivity (Wildman–Crippen MR) is 57.3 cm³/mol. The molecule has 0 radical (unpaired) electrons. The predicted octanol–water partition coefficient (Wildman–Crippen LogP) is 2.69. The molecule has 1 aromatic rings. The number of benzene rings is 1. The zero-order valence-corrected chi connectivity index (χ0v) is 8.27. The molecule has 0 amide bonds. The zero-order valence-electron chi connectivity index (χ0n) is 8.27. The molecule has 1 aromatic carbocycles. The van der Waals surface area contributed by atoms with E-state index in [1.54, 1.807) is 7.11 Å². The number of methoxy groups -OCH3 is 1. The summed E-state index contributed by atoms with van der Waals surface area (Å²) in [5.41, 5.74) is 1.12. The van der Waals surface area contributed by atoms with Gasteiger partial charge >= 0.3 is 0 Å². The van der Waals surface area contributed by atoms with Crippen LogP contribution >= 0.6 is 0 Å². The summed E-state index contributed by atoms with van der Waals surface area (Å²) in [7, 11) is 1.65. The summed E-state index contributed by atoms with van der Waals surface area (Å²) in [5, 5.41) is 0. The third kappa shape index (κ3) is 3.44.